The van der Waals surface area contributed by atoms with Gasteiger partial charge in [-0.15, -0.1) is 0 Å². The van der Waals surface area contributed by atoms with Crippen LogP contribution in [0.2, 0.25) is 0 Å². The molecule has 0 saturated carbocycles. The summed E-state index contributed by atoms with van der Waals surface area (Å²) in [6.07, 6.45) is 1.52. The Morgan fingerprint density at radius 2 is 1.81 bits per heavy atom. The van der Waals surface area contributed by atoms with Gasteiger partial charge in [-0.05, 0) is 41.8 Å². The van der Waals surface area contributed by atoms with E-state index in [0.29, 0.717) is 6.42 Å². The first-order valence-electron chi connectivity index (χ1n) is 6.89. The summed E-state index contributed by atoms with van der Waals surface area (Å²) in [6, 6.07) is 14.5. The van der Waals surface area contributed by atoms with Crippen LogP contribution < -0.4 is 4.90 Å². The molecule has 1 aliphatic heterocycles. The number of benzene rings is 2. The van der Waals surface area contributed by atoms with E-state index in [4.69, 9.17) is 5.11 Å². The van der Waals surface area contributed by atoms with Crippen molar-refractivity contribution in [3.05, 3.63) is 54.1 Å². The number of rotatable bonds is 3. The third kappa shape index (κ3) is 2.65. The van der Waals surface area contributed by atoms with Crippen molar-refractivity contribution in [2.75, 3.05) is 11.4 Å². The maximum atomic E-state index is 11.7. The summed E-state index contributed by atoms with van der Waals surface area (Å²) < 4.78 is 0. The highest BCUT2D eigenvalue weighted by Crippen LogP contribution is 2.26. The number of carboxylic acids is 1. The summed E-state index contributed by atoms with van der Waals surface area (Å²) in [6.45, 7) is 0.771. The summed E-state index contributed by atoms with van der Waals surface area (Å²) in [5.74, 6) is -0.772. The molecule has 1 aliphatic rings. The SMILES string of the molecule is O=C(O)c1cccc(-c2ccc(N3CCCC3=O)cc2)c1. The molecule has 0 radical (unpaired) electrons. The molecule has 0 spiro atoms. The lowest BCUT2D eigenvalue weighted by Gasteiger charge is -2.16. The Labute approximate surface area is 122 Å². The molecule has 1 N–H and O–H groups in total. The van der Waals surface area contributed by atoms with Gasteiger partial charge in [0.05, 0.1) is 5.56 Å². The predicted octanol–water partition coefficient (Wildman–Crippen LogP) is 3.18. The van der Waals surface area contributed by atoms with E-state index < -0.39 is 5.97 Å². The molecule has 2 aromatic rings. The maximum absolute atomic E-state index is 11.7. The normalized spacial score (nSPS) is 14.5. The molecule has 0 atom stereocenters. The predicted molar refractivity (Wildman–Crippen MR) is 80.4 cm³/mol. The minimum absolute atomic E-state index is 0.163. The lowest BCUT2D eigenvalue weighted by molar-refractivity contribution is -0.117. The number of carboxylic acid groups (broad SMARTS) is 1. The van der Waals surface area contributed by atoms with Gasteiger partial charge < -0.3 is 10.0 Å². The first kappa shape index (κ1) is 13.4. The largest absolute Gasteiger partial charge is 0.478 e. The van der Waals surface area contributed by atoms with Crippen LogP contribution in [-0.2, 0) is 4.79 Å². The number of carbonyl (C=O) groups is 2. The molecule has 2 aromatic carbocycles. The van der Waals surface area contributed by atoms with Gasteiger partial charge >= 0.3 is 5.97 Å². The second-order valence-corrected chi connectivity index (χ2v) is 5.08. The lowest BCUT2D eigenvalue weighted by atomic mass is 10.0. The molecule has 1 heterocycles. The number of aromatic carboxylic acids is 1. The molecule has 1 amide bonds. The van der Waals surface area contributed by atoms with E-state index >= 15 is 0 Å². The molecule has 0 unspecified atom stereocenters. The monoisotopic (exact) mass is 281 g/mol. The average Bonchev–Trinajstić information content (AvgIpc) is 2.94. The van der Waals surface area contributed by atoms with Gasteiger partial charge in [-0.25, -0.2) is 4.79 Å². The zero-order valence-corrected chi connectivity index (χ0v) is 11.5. The van der Waals surface area contributed by atoms with E-state index in [0.717, 1.165) is 29.8 Å². The van der Waals surface area contributed by atoms with Crippen molar-refractivity contribution in [3.8, 4) is 11.1 Å². The van der Waals surface area contributed by atoms with Crippen molar-refractivity contribution in [1.82, 2.24) is 0 Å². The fourth-order valence-electron chi connectivity index (χ4n) is 2.59. The van der Waals surface area contributed by atoms with Crippen molar-refractivity contribution in [3.63, 3.8) is 0 Å². The topological polar surface area (TPSA) is 57.6 Å². The third-order valence-electron chi connectivity index (χ3n) is 3.70. The molecule has 3 rings (SSSR count). The smallest absolute Gasteiger partial charge is 0.335 e. The molecule has 0 aromatic heterocycles. The van der Waals surface area contributed by atoms with Gasteiger partial charge in [0.2, 0.25) is 5.91 Å². The summed E-state index contributed by atoms with van der Waals surface area (Å²) >= 11 is 0. The van der Waals surface area contributed by atoms with Crippen molar-refractivity contribution in [1.29, 1.82) is 0 Å². The minimum Gasteiger partial charge on any atom is -0.478 e. The average molecular weight is 281 g/mol. The summed E-state index contributed by atoms with van der Waals surface area (Å²) in [7, 11) is 0. The highest BCUT2D eigenvalue weighted by Gasteiger charge is 2.21. The molecule has 4 heteroatoms. The second kappa shape index (κ2) is 5.40. The molecule has 0 aliphatic carbocycles. The molecular formula is C17H15NO3. The standard InChI is InChI=1S/C17H15NO3/c19-16-5-2-10-18(16)15-8-6-12(7-9-15)13-3-1-4-14(11-13)17(20)21/h1,3-4,6-9,11H,2,5,10H2,(H,20,21). The first-order valence-corrected chi connectivity index (χ1v) is 6.89. The number of amides is 1. The Morgan fingerprint density at radius 3 is 2.43 bits per heavy atom. The van der Waals surface area contributed by atoms with Crippen LogP contribution in [0.1, 0.15) is 23.2 Å². The van der Waals surface area contributed by atoms with E-state index in [1.807, 2.05) is 30.3 Å². The van der Waals surface area contributed by atoms with Gasteiger partial charge in [0.1, 0.15) is 0 Å². The van der Waals surface area contributed by atoms with E-state index in [1.54, 1.807) is 23.1 Å². The van der Waals surface area contributed by atoms with Crippen LogP contribution >= 0.6 is 0 Å². The quantitative estimate of drug-likeness (QED) is 0.940. The van der Waals surface area contributed by atoms with Crippen LogP contribution in [0.3, 0.4) is 0 Å². The minimum atomic E-state index is -0.934. The highest BCUT2D eigenvalue weighted by atomic mass is 16.4. The maximum Gasteiger partial charge on any atom is 0.335 e. The van der Waals surface area contributed by atoms with Gasteiger partial charge in [-0.2, -0.15) is 0 Å². The Balaban J connectivity index is 1.89. The zero-order valence-electron chi connectivity index (χ0n) is 11.5. The summed E-state index contributed by atoms with van der Waals surface area (Å²) in [5.41, 5.74) is 2.96. The lowest BCUT2D eigenvalue weighted by Crippen LogP contribution is -2.23. The molecule has 1 fully saturated rings. The second-order valence-electron chi connectivity index (χ2n) is 5.08. The summed E-state index contributed by atoms with van der Waals surface area (Å²) in [4.78, 5) is 24.5. The first-order chi connectivity index (χ1) is 10.1. The van der Waals surface area contributed by atoms with Crippen LogP contribution in [0.5, 0.6) is 0 Å². The number of hydrogen-bond donors (Lipinski definition) is 1. The number of nitrogens with zero attached hydrogens (tertiary/aromatic N) is 1. The summed E-state index contributed by atoms with van der Waals surface area (Å²) in [5, 5.41) is 9.03. The van der Waals surface area contributed by atoms with Crippen LogP contribution in [0.15, 0.2) is 48.5 Å². The fourth-order valence-corrected chi connectivity index (χ4v) is 2.59. The van der Waals surface area contributed by atoms with E-state index in [2.05, 4.69) is 0 Å². The van der Waals surface area contributed by atoms with E-state index in [9.17, 15) is 9.59 Å². The van der Waals surface area contributed by atoms with Gasteiger partial charge in [0, 0.05) is 18.7 Å². The van der Waals surface area contributed by atoms with Gasteiger partial charge in [0.15, 0.2) is 0 Å². The fraction of sp³-hybridized carbons (Fsp3) is 0.176. The molecule has 0 bridgehead atoms. The number of hydrogen-bond acceptors (Lipinski definition) is 2. The van der Waals surface area contributed by atoms with Crippen molar-refractivity contribution in [2.24, 2.45) is 0 Å². The molecule has 21 heavy (non-hydrogen) atoms. The van der Waals surface area contributed by atoms with Crippen LogP contribution in [0, 0.1) is 0 Å². The Kier molecular flexibility index (Phi) is 3.44. The van der Waals surface area contributed by atoms with Gasteiger partial charge in [-0.3, -0.25) is 4.79 Å². The van der Waals surface area contributed by atoms with Crippen LogP contribution in [0.4, 0.5) is 5.69 Å². The Hall–Kier alpha value is -2.62. The zero-order chi connectivity index (χ0) is 14.8. The van der Waals surface area contributed by atoms with Gasteiger partial charge in [0.25, 0.3) is 0 Å². The number of anilines is 1. The van der Waals surface area contributed by atoms with Gasteiger partial charge in [-0.1, -0.05) is 24.3 Å². The number of carbonyl (C=O) groups excluding carboxylic acids is 1. The molecular weight excluding hydrogens is 266 g/mol. The van der Waals surface area contributed by atoms with E-state index in [-0.39, 0.29) is 11.5 Å². The third-order valence-corrected chi connectivity index (χ3v) is 3.70. The highest BCUT2D eigenvalue weighted by molar-refractivity contribution is 5.95. The Morgan fingerprint density at radius 1 is 1.05 bits per heavy atom. The van der Waals surface area contributed by atoms with Crippen molar-refractivity contribution < 1.29 is 14.7 Å². The molecule has 1 saturated heterocycles. The van der Waals surface area contributed by atoms with E-state index in [1.165, 1.54) is 0 Å². The molecule has 4 nitrogen and oxygen atoms in total. The van der Waals surface area contributed by atoms with Crippen molar-refractivity contribution in [2.45, 2.75) is 12.8 Å². The Bertz CT molecular complexity index is 691. The van der Waals surface area contributed by atoms with Crippen LogP contribution in [0.25, 0.3) is 11.1 Å². The van der Waals surface area contributed by atoms with Crippen molar-refractivity contribution >= 4 is 17.6 Å². The molecule has 106 valence electrons. The van der Waals surface area contributed by atoms with Crippen LogP contribution in [-0.4, -0.2) is 23.5 Å².